The van der Waals surface area contributed by atoms with Crippen LogP contribution in [0.15, 0.2) is 67.3 Å². The molecule has 9 nitrogen and oxygen atoms in total. The Morgan fingerprint density at radius 3 is 2.45 bits per heavy atom. The molecule has 2 amide bonds. The van der Waals surface area contributed by atoms with Gasteiger partial charge in [-0.25, -0.2) is 9.59 Å². The number of hydrogen-bond acceptors (Lipinski definition) is 8. The number of hydrogen-bond donors (Lipinski definition) is 2. The molecule has 0 aliphatic carbocycles. The molecule has 0 saturated carbocycles. The lowest BCUT2D eigenvalue weighted by Gasteiger charge is -2.51. The van der Waals surface area contributed by atoms with E-state index in [2.05, 4.69) is 27.8 Å². The number of thioether (sulfide) groups is 1. The van der Waals surface area contributed by atoms with Crippen molar-refractivity contribution in [2.24, 2.45) is 0 Å². The molecular formula is C27H27BrN2O7S. The number of esters is 1. The van der Waals surface area contributed by atoms with Crippen LogP contribution in [0.1, 0.15) is 29.8 Å². The summed E-state index contributed by atoms with van der Waals surface area (Å²) in [6, 6.07) is 14.2. The van der Waals surface area contributed by atoms with E-state index in [9.17, 15) is 24.3 Å². The molecule has 2 fully saturated rings. The van der Waals surface area contributed by atoms with E-state index >= 15 is 0 Å². The van der Waals surface area contributed by atoms with Gasteiger partial charge in [0.15, 0.2) is 10.1 Å². The minimum absolute atomic E-state index is 0.0128. The molecule has 2 heterocycles. The van der Waals surface area contributed by atoms with Crippen LogP contribution in [0.2, 0.25) is 0 Å². The highest BCUT2D eigenvalue weighted by Gasteiger charge is 2.74. The molecule has 0 bridgehead atoms. The van der Waals surface area contributed by atoms with Crippen molar-refractivity contribution >= 4 is 57.1 Å². The summed E-state index contributed by atoms with van der Waals surface area (Å²) in [5.41, 5.74) is 1.38. The number of fused-ring (bicyclic) bond motifs is 1. The zero-order valence-electron chi connectivity index (χ0n) is 20.8. The molecule has 2 saturated heterocycles. The normalized spacial score (nSPS) is 24.0. The van der Waals surface area contributed by atoms with Crippen molar-refractivity contribution in [3.8, 4) is 0 Å². The molecule has 2 aromatic rings. The third-order valence-corrected chi connectivity index (χ3v) is 9.53. The second-order valence-corrected chi connectivity index (χ2v) is 12.5. The smallest absolute Gasteiger partial charge is 0.411 e. The van der Waals surface area contributed by atoms with Gasteiger partial charge in [0.1, 0.15) is 30.7 Å². The molecule has 4 atom stereocenters. The van der Waals surface area contributed by atoms with Gasteiger partial charge in [-0.2, -0.15) is 0 Å². The van der Waals surface area contributed by atoms with Gasteiger partial charge in [-0.05, 0) is 43.7 Å². The molecule has 11 heteroatoms. The van der Waals surface area contributed by atoms with E-state index in [1.165, 1.54) is 47.0 Å². The van der Waals surface area contributed by atoms with Gasteiger partial charge < -0.3 is 19.5 Å². The van der Waals surface area contributed by atoms with Crippen LogP contribution in [0.25, 0.3) is 0 Å². The zero-order chi connectivity index (χ0) is 27.7. The number of aliphatic hydroxyl groups is 1. The molecule has 38 heavy (non-hydrogen) atoms. The van der Waals surface area contributed by atoms with Gasteiger partial charge in [0.2, 0.25) is 5.91 Å². The summed E-state index contributed by atoms with van der Waals surface area (Å²) >= 11 is 4.65. The number of nitrogens with zero attached hydrogens (tertiary/aromatic N) is 1. The number of nitrogens with one attached hydrogen (secondary N) is 1. The number of β-lactam (4-membered cyclic amide) rings is 1. The van der Waals surface area contributed by atoms with Crippen molar-refractivity contribution in [1.82, 2.24) is 4.90 Å². The summed E-state index contributed by atoms with van der Waals surface area (Å²) in [7, 11) is 0. The highest BCUT2D eigenvalue weighted by Crippen LogP contribution is 2.59. The van der Waals surface area contributed by atoms with E-state index in [0.29, 0.717) is 5.69 Å². The average Bonchev–Trinajstić information content (AvgIpc) is 3.19. The van der Waals surface area contributed by atoms with Gasteiger partial charge in [-0.15, -0.1) is 11.8 Å². The molecule has 2 aromatic carbocycles. The lowest BCUT2D eigenvalue weighted by Crippen LogP contribution is -2.75. The number of ketones is 1. The first-order chi connectivity index (χ1) is 18.0. The van der Waals surface area contributed by atoms with Crippen molar-refractivity contribution in [1.29, 1.82) is 0 Å². The van der Waals surface area contributed by atoms with Crippen molar-refractivity contribution in [3.63, 3.8) is 0 Å². The van der Waals surface area contributed by atoms with Crippen LogP contribution in [0.4, 0.5) is 10.5 Å². The maximum atomic E-state index is 13.2. The Kier molecular flexibility index (Phi) is 8.01. The number of rotatable bonds is 9. The molecule has 4 rings (SSSR count). The Labute approximate surface area is 232 Å². The molecule has 0 spiro atoms. The first kappa shape index (κ1) is 27.9. The van der Waals surface area contributed by atoms with E-state index in [1.807, 2.05) is 30.3 Å². The zero-order valence-corrected chi connectivity index (χ0v) is 23.2. The van der Waals surface area contributed by atoms with Crippen molar-refractivity contribution in [3.05, 3.63) is 78.4 Å². The Bertz CT molecular complexity index is 1250. The monoisotopic (exact) mass is 602 g/mol. The number of halogens is 1. The number of ether oxygens (including phenoxy) is 2. The molecule has 0 aromatic heterocycles. The number of alkyl halides is 1. The van der Waals surface area contributed by atoms with E-state index in [0.717, 1.165) is 5.56 Å². The van der Waals surface area contributed by atoms with Crippen LogP contribution in [0.5, 0.6) is 0 Å². The van der Waals surface area contributed by atoms with Crippen molar-refractivity contribution in [2.75, 3.05) is 11.9 Å². The summed E-state index contributed by atoms with van der Waals surface area (Å²) in [6.45, 7) is 7.26. The maximum absolute atomic E-state index is 13.2. The quantitative estimate of drug-likeness (QED) is 0.146. The third-order valence-electron chi connectivity index (χ3n) is 6.37. The first-order valence-corrected chi connectivity index (χ1v) is 13.4. The number of carbonyl (C=O) groups excluding carboxylic acids is 4. The van der Waals surface area contributed by atoms with Gasteiger partial charge in [-0.3, -0.25) is 14.9 Å². The lowest BCUT2D eigenvalue weighted by molar-refractivity contribution is -0.166. The van der Waals surface area contributed by atoms with E-state index in [1.54, 1.807) is 13.8 Å². The highest BCUT2D eigenvalue weighted by atomic mass is 79.9. The van der Waals surface area contributed by atoms with Crippen molar-refractivity contribution < 1.29 is 33.8 Å². The summed E-state index contributed by atoms with van der Waals surface area (Å²) in [4.78, 5) is 52.5. The van der Waals surface area contributed by atoms with E-state index < -0.39 is 50.3 Å². The second kappa shape index (κ2) is 10.9. The number of amides is 2. The summed E-state index contributed by atoms with van der Waals surface area (Å²) in [5.74, 6) is -1.82. The highest BCUT2D eigenvalue weighted by molar-refractivity contribution is 9.10. The van der Waals surface area contributed by atoms with Crippen LogP contribution < -0.4 is 5.32 Å². The standard InChI is InChI=1S/C27H27BrN2O7S/c1-4-14-36-22(33)20-26(2,3)38-24-27(28,23(34)30(20)24)21(32)19(31)17-10-12-18(13-11-17)29-25(35)37-15-16-8-6-5-7-9-16/h4-13,20-21,24,32H,1,14-15H2,2-3H3,(H,29,35)/t20-,21?,24+,27?/m0/s1. The third kappa shape index (κ3) is 5.10. The summed E-state index contributed by atoms with van der Waals surface area (Å²) in [6.07, 6.45) is -0.930. The van der Waals surface area contributed by atoms with Crippen LogP contribution in [-0.4, -0.2) is 67.0 Å². The average molecular weight is 603 g/mol. The molecule has 200 valence electrons. The number of carbonyl (C=O) groups is 4. The van der Waals surface area contributed by atoms with Crippen LogP contribution in [-0.2, 0) is 25.7 Å². The van der Waals surface area contributed by atoms with Gasteiger partial charge in [-0.1, -0.05) is 58.9 Å². The molecular weight excluding hydrogens is 576 g/mol. The van der Waals surface area contributed by atoms with Crippen LogP contribution >= 0.6 is 27.7 Å². The Hall–Kier alpha value is -3.15. The number of anilines is 1. The Balaban J connectivity index is 1.40. The fraction of sp³-hybridized carbons (Fsp3) is 0.333. The predicted molar refractivity (Wildman–Crippen MR) is 146 cm³/mol. The number of Topliss-reactive ketones (excluding diaryl/α,β-unsaturated/α-hetero) is 1. The second-order valence-electron chi connectivity index (χ2n) is 9.41. The van der Waals surface area contributed by atoms with E-state index in [4.69, 9.17) is 9.47 Å². The van der Waals surface area contributed by atoms with E-state index in [-0.39, 0.29) is 18.8 Å². The van der Waals surface area contributed by atoms with Gasteiger partial charge in [0.25, 0.3) is 0 Å². The first-order valence-electron chi connectivity index (χ1n) is 11.8. The minimum Gasteiger partial charge on any atom is -0.460 e. The van der Waals surface area contributed by atoms with Gasteiger partial charge in [0, 0.05) is 16.0 Å². The molecule has 0 radical (unpaired) electrons. The topological polar surface area (TPSA) is 122 Å². The van der Waals surface area contributed by atoms with Crippen molar-refractivity contribution in [2.45, 2.75) is 47.0 Å². The van der Waals surface area contributed by atoms with Gasteiger partial charge in [0.05, 0.1) is 0 Å². The number of benzene rings is 2. The largest absolute Gasteiger partial charge is 0.460 e. The SMILES string of the molecule is C=CCOC(=O)[C@@H]1N2C(=O)C(Br)(C(O)C(=O)c3ccc(NC(=O)OCc4ccccc4)cc3)[C@H]2SC1(C)C. The molecule has 2 aliphatic rings. The molecule has 2 aliphatic heterocycles. The van der Waals surface area contributed by atoms with Gasteiger partial charge >= 0.3 is 12.1 Å². The van der Waals surface area contributed by atoms with Crippen LogP contribution in [0.3, 0.4) is 0 Å². The fourth-order valence-electron chi connectivity index (χ4n) is 4.44. The Morgan fingerprint density at radius 1 is 1.16 bits per heavy atom. The van der Waals surface area contributed by atoms with Crippen LogP contribution in [0, 0.1) is 0 Å². The minimum atomic E-state index is -1.71. The lowest BCUT2D eigenvalue weighted by atomic mass is 9.84. The predicted octanol–water partition coefficient (Wildman–Crippen LogP) is 3.90. The number of aliphatic hydroxyl groups excluding tert-OH is 1. The fourth-order valence-corrected chi connectivity index (χ4v) is 7.00. The molecule has 2 N–H and O–H groups in total. The Morgan fingerprint density at radius 2 is 1.82 bits per heavy atom. The summed E-state index contributed by atoms with van der Waals surface area (Å²) < 4.78 is 8.06. The maximum Gasteiger partial charge on any atom is 0.411 e. The summed E-state index contributed by atoms with van der Waals surface area (Å²) in [5, 5.41) is 12.9. The molecule has 2 unspecified atom stereocenters.